The third-order valence-corrected chi connectivity index (χ3v) is 5.80. The zero-order valence-electron chi connectivity index (χ0n) is 12.7. The molecule has 0 spiro atoms. The Balaban J connectivity index is 1.84. The van der Waals surface area contributed by atoms with E-state index in [0.717, 1.165) is 0 Å². The number of amides is 1. The molecule has 22 heavy (non-hydrogen) atoms. The third kappa shape index (κ3) is 4.04. The van der Waals surface area contributed by atoms with E-state index in [-0.39, 0.29) is 23.9 Å². The lowest BCUT2D eigenvalue weighted by molar-refractivity contribution is -0.132. The van der Waals surface area contributed by atoms with Crippen LogP contribution in [0.1, 0.15) is 18.9 Å². The van der Waals surface area contributed by atoms with Crippen molar-refractivity contribution >= 4 is 15.9 Å². The van der Waals surface area contributed by atoms with E-state index in [2.05, 4.69) is 0 Å². The minimum Gasteiger partial charge on any atom is -0.340 e. The van der Waals surface area contributed by atoms with Crippen molar-refractivity contribution in [3.63, 3.8) is 0 Å². The number of nitrogens with zero attached hydrogens (tertiary/aromatic N) is 2. The van der Waals surface area contributed by atoms with Gasteiger partial charge in [0.25, 0.3) is 0 Å². The number of hydrogen-bond donors (Lipinski definition) is 0. The highest BCUT2D eigenvalue weighted by Gasteiger charge is 2.27. The molecule has 1 aromatic rings. The molecular weight excluding hydrogens is 307 g/mol. The largest absolute Gasteiger partial charge is 0.340 e. The van der Waals surface area contributed by atoms with E-state index in [0.29, 0.717) is 38.2 Å². The average Bonchev–Trinajstić information content (AvgIpc) is 2.54. The predicted octanol–water partition coefficient (Wildman–Crippen LogP) is 1.25. The van der Waals surface area contributed by atoms with Crippen LogP contribution in [0.5, 0.6) is 0 Å². The molecule has 1 aromatic carbocycles. The number of benzene rings is 1. The highest BCUT2D eigenvalue weighted by molar-refractivity contribution is 7.89. The van der Waals surface area contributed by atoms with Crippen molar-refractivity contribution in [1.29, 1.82) is 0 Å². The molecule has 7 heteroatoms. The Morgan fingerprint density at radius 1 is 1.18 bits per heavy atom. The first-order valence-corrected chi connectivity index (χ1v) is 9.04. The monoisotopic (exact) mass is 328 g/mol. The number of rotatable bonds is 5. The lowest BCUT2D eigenvalue weighted by Gasteiger charge is -2.33. The minimum absolute atomic E-state index is 0.0585. The van der Waals surface area contributed by atoms with Crippen molar-refractivity contribution in [2.24, 2.45) is 0 Å². The highest BCUT2D eigenvalue weighted by atomic mass is 32.2. The molecule has 1 aliphatic rings. The van der Waals surface area contributed by atoms with Crippen LogP contribution in [0, 0.1) is 5.82 Å². The fourth-order valence-electron chi connectivity index (χ4n) is 2.50. The molecule has 1 saturated heterocycles. The number of carbonyl (C=O) groups excluding carboxylic acids is 1. The summed E-state index contributed by atoms with van der Waals surface area (Å²) >= 11 is 0. The van der Waals surface area contributed by atoms with Gasteiger partial charge in [0.1, 0.15) is 5.82 Å². The molecule has 0 saturated carbocycles. The second kappa shape index (κ2) is 7.19. The van der Waals surface area contributed by atoms with Crippen LogP contribution < -0.4 is 0 Å². The van der Waals surface area contributed by atoms with Gasteiger partial charge in [-0.05, 0) is 25.0 Å². The summed E-state index contributed by atoms with van der Waals surface area (Å²) in [5.74, 6) is -0.278. The van der Waals surface area contributed by atoms with Crippen molar-refractivity contribution in [1.82, 2.24) is 9.21 Å². The zero-order valence-corrected chi connectivity index (χ0v) is 13.5. The van der Waals surface area contributed by atoms with E-state index in [9.17, 15) is 17.6 Å². The Labute approximate surface area is 130 Å². The number of aryl methyl sites for hydroxylation is 1. The van der Waals surface area contributed by atoms with Gasteiger partial charge in [-0.1, -0.05) is 18.2 Å². The Kier molecular flexibility index (Phi) is 5.52. The number of carbonyl (C=O) groups is 1. The zero-order chi connectivity index (χ0) is 16.2. The van der Waals surface area contributed by atoms with Gasteiger partial charge in [0.05, 0.1) is 5.75 Å². The average molecular weight is 328 g/mol. The van der Waals surface area contributed by atoms with E-state index in [1.165, 1.54) is 10.4 Å². The van der Waals surface area contributed by atoms with E-state index in [1.807, 2.05) is 0 Å². The minimum atomic E-state index is -3.19. The molecule has 0 aliphatic carbocycles. The lowest BCUT2D eigenvalue weighted by atomic mass is 10.1. The van der Waals surface area contributed by atoms with E-state index in [4.69, 9.17) is 0 Å². The molecule has 1 aliphatic heterocycles. The second-order valence-corrected chi connectivity index (χ2v) is 7.53. The topological polar surface area (TPSA) is 57.7 Å². The van der Waals surface area contributed by atoms with Crippen molar-refractivity contribution in [3.8, 4) is 0 Å². The summed E-state index contributed by atoms with van der Waals surface area (Å²) in [5.41, 5.74) is 0.531. The van der Waals surface area contributed by atoms with Crippen molar-refractivity contribution < 1.29 is 17.6 Å². The number of halogens is 1. The van der Waals surface area contributed by atoms with Gasteiger partial charge < -0.3 is 4.90 Å². The first-order chi connectivity index (χ1) is 10.4. The Morgan fingerprint density at radius 3 is 2.41 bits per heavy atom. The number of piperazine rings is 1. The van der Waals surface area contributed by atoms with Gasteiger partial charge in [0.2, 0.25) is 15.9 Å². The van der Waals surface area contributed by atoms with Crippen LogP contribution in [0.15, 0.2) is 24.3 Å². The second-order valence-electron chi connectivity index (χ2n) is 5.27. The molecule has 5 nitrogen and oxygen atoms in total. The van der Waals surface area contributed by atoms with Crippen LogP contribution in [0.3, 0.4) is 0 Å². The van der Waals surface area contributed by atoms with Crippen LogP contribution in [0.4, 0.5) is 4.39 Å². The maximum Gasteiger partial charge on any atom is 0.222 e. The summed E-state index contributed by atoms with van der Waals surface area (Å²) in [6.45, 7) is 3.08. The molecule has 1 heterocycles. The first kappa shape index (κ1) is 16.9. The SMILES string of the molecule is CCS(=O)(=O)N1CCN(C(=O)CCc2ccccc2F)CC1. The van der Waals surface area contributed by atoms with E-state index >= 15 is 0 Å². The molecule has 0 N–H and O–H groups in total. The summed E-state index contributed by atoms with van der Waals surface area (Å²) in [5, 5.41) is 0. The fraction of sp³-hybridized carbons (Fsp3) is 0.533. The third-order valence-electron chi connectivity index (χ3n) is 3.92. The number of sulfonamides is 1. The van der Waals surface area contributed by atoms with Crippen LogP contribution in [0.2, 0.25) is 0 Å². The van der Waals surface area contributed by atoms with Gasteiger partial charge in [-0.3, -0.25) is 4.79 Å². The summed E-state index contributed by atoms with van der Waals surface area (Å²) in [6.07, 6.45) is 0.598. The maximum absolute atomic E-state index is 13.5. The normalized spacial score (nSPS) is 16.7. The molecule has 0 bridgehead atoms. The molecule has 0 aromatic heterocycles. The van der Waals surface area contributed by atoms with Crippen molar-refractivity contribution in [3.05, 3.63) is 35.6 Å². The van der Waals surface area contributed by atoms with Crippen LogP contribution in [0.25, 0.3) is 0 Å². The first-order valence-electron chi connectivity index (χ1n) is 7.43. The molecule has 0 unspecified atom stereocenters. The van der Waals surface area contributed by atoms with Gasteiger partial charge in [-0.15, -0.1) is 0 Å². The van der Waals surface area contributed by atoms with Crippen LogP contribution in [-0.4, -0.2) is 55.5 Å². The predicted molar refractivity (Wildman–Crippen MR) is 82.3 cm³/mol. The lowest BCUT2D eigenvalue weighted by Crippen LogP contribution is -2.50. The van der Waals surface area contributed by atoms with E-state index < -0.39 is 10.0 Å². The molecule has 2 rings (SSSR count). The summed E-state index contributed by atoms with van der Waals surface area (Å²) < 4.78 is 38.4. The Bertz CT molecular complexity index is 625. The summed E-state index contributed by atoms with van der Waals surface area (Å²) in [7, 11) is -3.19. The maximum atomic E-state index is 13.5. The summed E-state index contributed by atoms with van der Waals surface area (Å²) in [4.78, 5) is 13.8. The van der Waals surface area contributed by atoms with E-state index in [1.54, 1.807) is 30.0 Å². The molecule has 0 atom stereocenters. The highest BCUT2D eigenvalue weighted by Crippen LogP contribution is 2.12. The molecular formula is C15H21FN2O3S. The van der Waals surface area contributed by atoms with Gasteiger partial charge in [0.15, 0.2) is 0 Å². The quantitative estimate of drug-likeness (QED) is 0.817. The van der Waals surface area contributed by atoms with Crippen LogP contribution >= 0.6 is 0 Å². The van der Waals surface area contributed by atoms with Gasteiger partial charge in [-0.2, -0.15) is 4.31 Å². The van der Waals surface area contributed by atoms with Crippen LogP contribution in [-0.2, 0) is 21.2 Å². The standard InChI is InChI=1S/C15H21FN2O3S/c1-2-22(20,21)18-11-9-17(10-12-18)15(19)8-7-13-5-3-4-6-14(13)16/h3-6H,2,7-12H2,1H3. The van der Waals surface area contributed by atoms with Gasteiger partial charge >= 0.3 is 0 Å². The van der Waals surface area contributed by atoms with Crippen molar-refractivity contribution in [2.45, 2.75) is 19.8 Å². The fourth-order valence-corrected chi connectivity index (χ4v) is 3.58. The molecule has 122 valence electrons. The van der Waals surface area contributed by atoms with Gasteiger partial charge in [-0.25, -0.2) is 12.8 Å². The Hall–Kier alpha value is -1.47. The molecule has 1 fully saturated rings. The smallest absolute Gasteiger partial charge is 0.222 e. The summed E-state index contributed by atoms with van der Waals surface area (Å²) in [6, 6.07) is 6.42. The van der Waals surface area contributed by atoms with Gasteiger partial charge in [0, 0.05) is 32.6 Å². The molecule has 1 amide bonds. The Morgan fingerprint density at radius 2 is 1.82 bits per heavy atom. The van der Waals surface area contributed by atoms with Crippen molar-refractivity contribution in [2.75, 3.05) is 31.9 Å². The molecule has 0 radical (unpaired) electrons. The number of hydrogen-bond acceptors (Lipinski definition) is 3.